The second-order valence-corrected chi connectivity index (χ2v) is 5.54. The summed E-state index contributed by atoms with van der Waals surface area (Å²) in [4.78, 5) is 16.0. The van der Waals surface area contributed by atoms with Crippen LogP contribution in [0.4, 0.5) is 0 Å². The highest BCUT2D eigenvalue weighted by Gasteiger charge is 2.06. The van der Waals surface area contributed by atoms with E-state index >= 15 is 0 Å². The van der Waals surface area contributed by atoms with Crippen molar-refractivity contribution in [2.45, 2.75) is 13.3 Å². The molecule has 1 N–H and O–H groups in total. The molecule has 2 rings (SSSR count). The van der Waals surface area contributed by atoms with Gasteiger partial charge in [-0.25, -0.2) is 4.98 Å². The first kappa shape index (κ1) is 16.6. The van der Waals surface area contributed by atoms with E-state index in [1.807, 2.05) is 19.1 Å². The number of hydrogen-bond donors (Lipinski definition) is 1. The zero-order chi connectivity index (χ0) is 15.9. The van der Waals surface area contributed by atoms with Crippen LogP contribution in [0.5, 0.6) is 5.75 Å². The smallest absolute Gasteiger partial charge is 0.269 e. The minimum atomic E-state index is -0.187. The molecular formula is C16H16Cl2N2O2. The molecule has 0 saturated heterocycles. The highest BCUT2D eigenvalue weighted by molar-refractivity contribution is 6.35. The summed E-state index contributed by atoms with van der Waals surface area (Å²) >= 11 is 11.8. The predicted molar refractivity (Wildman–Crippen MR) is 87.9 cm³/mol. The lowest BCUT2D eigenvalue weighted by Gasteiger charge is -2.09. The van der Waals surface area contributed by atoms with E-state index in [1.165, 1.54) is 0 Å². The SMILES string of the molecule is Cc1cccc(C(=O)NCCCOc2ccc(Cl)cc2Cl)n1. The summed E-state index contributed by atoms with van der Waals surface area (Å²) in [6, 6.07) is 10.4. The summed E-state index contributed by atoms with van der Waals surface area (Å²) in [5.74, 6) is 0.394. The van der Waals surface area contributed by atoms with Crippen molar-refractivity contribution in [3.8, 4) is 5.75 Å². The molecule has 22 heavy (non-hydrogen) atoms. The number of nitrogens with one attached hydrogen (secondary N) is 1. The third-order valence-electron chi connectivity index (χ3n) is 2.88. The van der Waals surface area contributed by atoms with Crippen molar-refractivity contribution < 1.29 is 9.53 Å². The number of rotatable bonds is 6. The standard InChI is InChI=1S/C16H16Cl2N2O2/c1-11-4-2-5-14(20-11)16(21)19-8-3-9-22-15-7-6-12(17)10-13(15)18/h2,4-7,10H,3,8-9H2,1H3,(H,19,21). The Bertz CT molecular complexity index is 662. The molecule has 0 aliphatic heterocycles. The van der Waals surface area contributed by atoms with Gasteiger partial charge < -0.3 is 10.1 Å². The van der Waals surface area contributed by atoms with E-state index in [1.54, 1.807) is 24.3 Å². The Morgan fingerprint density at radius 1 is 1.27 bits per heavy atom. The molecule has 0 fully saturated rings. The van der Waals surface area contributed by atoms with Gasteiger partial charge >= 0.3 is 0 Å². The Labute approximate surface area is 139 Å². The minimum Gasteiger partial charge on any atom is -0.492 e. The van der Waals surface area contributed by atoms with Crippen LogP contribution in [0.2, 0.25) is 10.0 Å². The quantitative estimate of drug-likeness (QED) is 0.812. The number of benzene rings is 1. The number of aryl methyl sites for hydroxylation is 1. The lowest BCUT2D eigenvalue weighted by atomic mass is 10.3. The maximum Gasteiger partial charge on any atom is 0.269 e. The molecule has 0 aliphatic carbocycles. The van der Waals surface area contributed by atoms with Crippen molar-refractivity contribution in [2.75, 3.05) is 13.2 Å². The number of halogens is 2. The Hall–Kier alpha value is -1.78. The second kappa shape index (κ2) is 8.01. The van der Waals surface area contributed by atoms with Crippen LogP contribution in [0.3, 0.4) is 0 Å². The summed E-state index contributed by atoms with van der Waals surface area (Å²) in [7, 11) is 0. The molecule has 1 heterocycles. The molecule has 1 aromatic heterocycles. The first-order valence-electron chi connectivity index (χ1n) is 6.86. The summed E-state index contributed by atoms with van der Waals surface area (Å²) in [6.07, 6.45) is 0.663. The van der Waals surface area contributed by atoms with E-state index in [-0.39, 0.29) is 5.91 Å². The molecule has 0 bridgehead atoms. The van der Waals surface area contributed by atoms with Crippen LogP contribution in [-0.2, 0) is 0 Å². The Morgan fingerprint density at radius 3 is 2.82 bits per heavy atom. The molecule has 0 unspecified atom stereocenters. The third kappa shape index (κ3) is 4.90. The van der Waals surface area contributed by atoms with E-state index < -0.39 is 0 Å². The zero-order valence-corrected chi connectivity index (χ0v) is 13.6. The molecule has 0 radical (unpaired) electrons. The number of amides is 1. The second-order valence-electron chi connectivity index (χ2n) is 4.70. The number of carbonyl (C=O) groups excluding carboxylic acids is 1. The number of pyridine rings is 1. The average molecular weight is 339 g/mol. The van der Waals surface area contributed by atoms with Gasteiger partial charge in [-0.2, -0.15) is 0 Å². The van der Waals surface area contributed by atoms with Crippen molar-refractivity contribution in [2.24, 2.45) is 0 Å². The topological polar surface area (TPSA) is 51.2 Å². The van der Waals surface area contributed by atoms with Crippen molar-refractivity contribution >= 4 is 29.1 Å². The number of carbonyl (C=O) groups is 1. The van der Waals surface area contributed by atoms with Crippen molar-refractivity contribution in [3.05, 3.63) is 57.8 Å². The summed E-state index contributed by atoms with van der Waals surface area (Å²) in [5, 5.41) is 3.84. The number of nitrogens with zero attached hydrogens (tertiary/aromatic N) is 1. The average Bonchev–Trinajstić information content (AvgIpc) is 2.48. The van der Waals surface area contributed by atoms with Crippen LogP contribution in [0, 0.1) is 6.92 Å². The van der Waals surface area contributed by atoms with Gasteiger partial charge in [0, 0.05) is 17.3 Å². The maximum atomic E-state index is 11.9. The molecule has 1 aromatic carbocycles. The van der Waals surface area contributed by atoms with Crippen molar-refractivity contribution in [1.29, 1.82) is 0 Å². The normalized spacial score (nSPS) is 10.3. The van der Waals surface area contributed by atoms with Crippen LogP contribution < -0.4 is 10.1 Å². The largest absolute Gasteiger partial charge is 0.492 e. The molecule has 2 aromatic rings. The van der Waals surface area contributed by atoms with Gasteiger partial charge in [-0.15, -0.1) is 0 Å². The van der Waals surface area contributed by atoms with Gasteiger partial charge in [0.2, 0.25) is 0 Å². The lowest BCUT2D eigenvalue weighted by molar-refractivity contribution is 0.0946. The molecule has 4 nitrogen and oxygen atoms in total. The lowest BCUT2D eigenvalue weighted by Crippen LogP contribution is -2.26. The van der Waals surface area contributed by atoms with Gasteiger partial charge in [0.15, 0.2) is 0 Å². The van der Waals surface area contributed by atoms with Gasteiger partial charge in [-0.3, -0.25) is 4.79 Å². The van der Waals surface area contributed by atoms with Gasteiger partial charge in [0.1, 0.15) is 11.4 Å². The monoisotopic (exact) mass is 338 g/mol. The molecule has 0 aliphatic rings. The number of aromatic nitrogens is 1. The van der Waals surface area contributed by atoms with E-state index in [0.29, 0.717) is 41.1 Å². The molecule has 0 saturated carbocycles. The molecule has 0 spiro atoms. The Morgan fingerprint density at radius 2 is 2.09 bits per heavy atom. The molecular weight excluding hydrogens is 323 g/mol. The highest BCUT2D eigenvalue weighted by atomic mass is 35.5. The fourth-order valence-corrected chi connectivity index (χ4v) is 2.27. The molecule has 116 valence electrons. The van der Waals surface area contributed by atoms with E-state index in [0.717, 1.165) is 5.69 Å². The van der Waals surface area contributed by atoms with E-state index in [4.69, 9.17) is 27.9 Å². The summed E-state index contributed by atoms with van der Waals surface area (Å²) < 4.78 is 5.54. The van der Waals surface area contributed by atoms with Crippen LogP contribution in [0.15, 0.2) is 36.4 Å². The van der Waals surface area contributed by atoms with Crippen LogP contribution >= 0.6 is 23.2 Å². The minimum absolute atomic E-state index is 0.187. The van der Waals surface area contributed by atoms with E-state index in [2.05, 4.69) is 10.3 Å². The maximum absolute atomic E-state index is 11.9. The first-order valence-corrected chi connectivity index (χ1v) is 7.61. The molecule has 0 atom stereocenters. The number of ether oxygens (including phenoxy) is 1. The van der Waals surface area contributed by atoms with Crippen LogP contribution in [0.25, 0.3) is 0 Å². The fourth-order valence-electron chi connectivity index (χ4n) is 1.81. The van der Waals surface area contributed by atoms with Crippen LogP contribution in [-0.4, -0.2) is 24.0 Å². The molecule has 6 heteroatoms. The number of hydrogen-bond acceptors (Lipinski definition) is 3. The Kier molecular flexibility index (Phi) is 6.04. The van der Waals surface area contributed by atoms with E-state index in [9.17, 15) is 4.79 Å². The van der Waals surface area contributed by atoms with Gasteiger partial charge in [0.05, 0.1) is 11.6 Å². The van der Waals surface area contributed by atoms with Gasteiger partial charge in [0.25, 0.3) is 5.91 Å². The summed E-state index contributed by atoms with van der Waals surface area (Å²) in [6.45, 7) is 2.79. The van der Waals surface area contributed by atoms with Crippen molar-refractivity contribution in [3.63, 3.8) is 0 Å². The van der Waals surface area contributed by atoms with Gasteiger partial charge in [-0.05, 0) is 43.7 Å². The summed E-state index contributed by atoms with van der Waals surface area (Å²) in [5.41, 5.74) is 1.23. The van der Waals surface area contributed by atoms with Crippen molar-refractivity contribution in [1.82, 2.24) is 10.3 Å². The van der Waals surface area contributed by atoms with Crippen LogP contribution in [0.1, 0.15) is 22.6 Å². The Balaban J connectivity index is 1.72. The molecule has 1 amide bonds. The predicted octanol–water partition coefficient (Wildman–Crippen LogP) is 3.90. The first-order chi connectivity index (χ1) is 10.6. The third-order valence-corrected chi connectivity index (χ3v) is 3.41. The van der Waals surface area contributed by atoms with Gasteiger partial charge in [-0.1, -0.05) is 29.3 Å². The zero-order valence-electron chi connectivity index (χ0n) is 12.1. The highest BCUT2D eigenvalue weighted by Crippen LogP contribution is 2.27. The fraction of sp³-hybridized carbons (Fsp3) is 0.250.